The number of ether oxygens (including phenoxy) is 6. The van der Waals surface area contributed by atoms with E-state index in [4.69, 9.17) is 23.7 Å². The Morgan fingerprint density at radius 2 is 2.00 bits per heavy atom. The molecule has 35 heavy (non-hydrogen) atoms. The minimum Gasteiger partial charge on any atom is -0.497 e. The molecule has 2 atom stereocenters. The van der Waals surface area contributed by atoms with Gasteiger partial charge in [0.05, 0.1) is 33.1 Å². The molecule has 2 saturated heterocycles. The van der Waals surface area contributed by atoms with Crippen molar-refractivity contribution >= 4 is 5.91 Å². The van der Waals surface area contributed by atoms with Crippen LogP contribution in [0.15, 0.2) is 36.5 Å². The van der Waals surface area contributed by atoms with Gasteiger partial charge in [0.15, 0.2) is 11.5 Å². The lowest BCUT2D eigenvalue weighted by molar-refractivity contribution is -0.325. The summed E-state index contributed by atoms with van der Waals surface area (Å²) in [6.07, 6.45) is -3.03. The minimum absolute atomic E-state index is 0.0868. The lowest BCUT2D eigenvalue weighted by atomic mass is 9.84. The lowest BCUT2D eigenvalue weighted by Gasteiger charge is -2.41. The molecule has 12 heteroatoms. The number of pyridine rings is 1. The first-order chi connectivity index (χ1) is 16.8. The second-order valence-electron chi connectivity index (χ2n) is 7.90. The fourth-order valence-electron chi connectivity index (χ4n) is 4.21. The van der Waals surface area contributed by atoms with Crippen molar-refractivity contribution in [2.75, 3.05) is 47.3 Å². The van der Waals surface area contributed by atoms with Gasteiger partial charge in [-0.25, -0.2) is 0 Å². The zero-order valence-corrected chi connectivity index (χ0v) is 19.2. The maximum Gasteiger partial charge on any atom is 0.522 e. The van der Waals surface area contributed by atoms with Crippen LogP contribution in [0.25, 0.3) is 0 Å². The highest BCUT2D eigenvalue weighted by atomic mass is 19.4. The van der Waals surface area contributed by atoms with Crippen LogP contribution in [0.3, 0.4) is 0 Å². The number of fused-ring (bicyclic) bond motifs is 1. The van der Waals surface area contributed by atoms with Crippen molar-refractivity contribution in [2.45, 2.75) is 24.5 Å². The number of rotatable bonds is 8. The number of piperidine rings is 1. The van der Waals surface area contributed by atoms with Crippen molar-refractivity contribution in [3.05, 3.63) is 47.8 Å². The standard InChI is InChI=1S/C23H25F3N2O7/c1-30-16-5-7-27-19(12-16)22-6-8-28(13-20(22)33-14-35-22)21(29)15-3-4-17(18(11-15)31-2)32-9-10-34-23(24,25)26/h3-5,7,11-12,20H,6,8-10,13-14H2,1-2H3/t20?,22-/m1/s1. The van der Waals surface area contributed by atoms with Crippen molar-refractivity contribution in [3.63, 3.8) is 0 Å². The van der Waals surface area contributed by atoms with E-state index in [1.54, 1.807) is 24.3 Å². The molecule has 4 rings (SSSR count). The van der Waals surface area contributed by atoms with Crippen molar-refractivity contribution in [3.8, 4) is 17.2 Å². The quantitative estimate of drug-likeness (QED) is 0.513. The number of hydrogen-bond donors (Lipinski definition) is 0. The number of nitrogens with zero attached hydrogens (tertiary/aromatic N) is 2. The zero-order chi connectivity index (χ0) is 25.1. The molecule has 1 aromatic heterocycles. The smallest absolute Gasteiger partial charge is 0.497 e. The van der Waals surface area contributed by atoms with Crippen molar-refractivity contribution in [2.24, 2.45) is 0 Å². The number of amides is 1. The summed E-state index contributed by atoms with van der Waals surface area (Å²) in [6, 6.07) is 8.04. The Morgan fingerprint density at radius 3 is 2.74 bits per heavy atom. The van der Waals surface area contributed by atoms with Crippen molar-refractivity contribution in [1.29, 1.82) is 0 Å². The number of carbonyl (C=O) groups excluding carboxylic acids is 1. The molecule has 0 aliphatic carbocycles. The summed E-state index contributed by atoms with van der Waals surface area (Å²) in [5, 5.41) is 0. The molecule has 2 aliphatic rings. The number of likely N-dealkylation sites (tertiary alicyclic amines) is 1. The Labute approximate surface area is 199 Å². The van der Waals surface area contributed by atoms with Gasteiger partial charge in [0.25, 0.3) is 5.91 Å². The molecule has 0 bridgehead atoms. The van der Waals surface area contributed by atoms with Gasteiger partial charge in [0, 0.05) is 30.8 Å². The summed E-state index contributed by atoms with van der Waals surface area (Å²) in [5.74, 6) is 0.814. The van der Waals surface area contributed by atoms with Crippen molar-refractivity contribution in [1.82, 2.24) is 9.88 Å². The summed E-state index contributed by atoms with van der Waals surface area (Å²) in [7, 11) is 2.95. The maximum absolute atomic E-state index is 13.2. The highest BCUT2D eigenvalue weighted by Crippen LogP contribution is 2.42. The van der Waals surface area contributed by atoms with E-state index in [1.165, 1.54) is 25.3 Å². The van der Waals surface area contributed by atoms with E-state index in [2.05, 4.69) is 9.72 Å². The third-order valence-corrected chi connectivity index (χ3v) is 5.95. The van der Waals surface area contributed by atoms with Crippen LogP contribution in [0.2, 0.25) is 0 Å². The van der Waals surface area contributed by atoms with E-state index >= 15 is 0 Å². The second-order valence-corrected chi connectivity index (χ2v) is 7.90. The van der Waals surface area contributed by atoms with Gasteiger partial charge < -0.3 is 28.6 Å². The maximum atomic E-state index is 13.2. The van der Waals surface area contributed by atoms with E-state index in [0.29, 0.717) is 30.0 Å². The molecule has 9 nitrogen and oxygen atoms in total. The number of hydrogen-bond acceptors (Lipinski definition) is 8. The molecule has 0 spiro atoms. The number of halogens is 3. The number of benzene rings is 1. The molecule has 1 amide bonds. The zero-order valence-electron chi connectivity index (χ0n) is 19.2. The van der Waals surface area contributed by atoms with Crippen LogP contribution in [0.5, 0.6) is 17.2 Å². The van der Waals surface area contributed by atoms with Gasteiger partial charge in [0.1, 0.15) is 30.9 Å². The first-order valence-corrected chi connectivity index (χ1v) is 10.8. The number of alkyl halides is 3. The van der Waals surface area contributed by atoms with Crippen LogP contribution in [0, 0.1) is 0 Å². The molecule has 2 aliphatic heterocycles. The Balaban J connectivity index is 1.44. The van der Waals surface area contributed by atoms with Crippen molar-refractivity contribution < 1.29 is 46.4 Å². The molecule has 3 heterocycles. The Kier molecular flexibility index (Phi) is 7.33. The number of methoxy groups -OCH3 is 2. The largest absolute Gasteiger partial charge is 0.522 e. The Morgan fingerprint density at radius 1 is 1.17 bits per heavy atom. The monoisotopic (exact) mass is 498 g/mol. The molecule has 1 unspecified atom stereocenters. The van der Waals surface area contributed by atoms with E-state index in [9.17, 15) is 18.0 Å². The fraction of sp³-hybridized carbons (Fsp3) is 0.478. The molecule has 2 fully saturated rings. The van der Waals surface area contributed by atoms with E-state index in [-0.39, 0.29) is 37.4 Å². The molecule has 0 N–H and O–H groups in total. The fourth-order valence-corrected chi connectivity index (χ4v) is 4.21. The summed E-state index contributed by atoms with van der Waals surface area (Å²) in [4.78, 5) is 19.3. The first kappa shape index (κ1) is 25.0. The highest BCUT2D eigenvalue weighted by molar-refractivity contribution is 5.95. The van der Waals surface area contributed by atoms with Crippen LogP contribution < -0.4 is 14.2 Å². The molecular formula is C23H25F3N2O7. The van der Waals surface area contributed by atoms with E-state index < -0.39 is 24.7 Å². The van der Waals surface area contributed by atoms with E-state index in [0.717, 1.165) is 0 Å². The van der Waals surface area contributed by atoms with Crippen LogP contribution >= 0.6 is 0 Å². The Hall–Kier alpha value is -3.09. The van der Waals surface area contributed by atoms with Crippen LogP contribution in [-0.2, 0) is 19.8 Å². The molecule has 190 valence electrons. The van der Waals surface area contributed by atoms with Gasteiger partial charge in [-0.05, 0) is 24.3 Å². The van der Waals surface area contributed by atoms with E-state index in [1.807, 2.05) is 6.07 Å². The van der Waals surface area contributed by atoms with Gasteiger partial charge in [-0.2, -0.15) is 0 Å². The Bertz CT molecular complexity index is 1050. The van der Waals surface area contributed by atoms with Crippen LogP contribution in [-0.4, -0.2) is 75.6 Å². The predicted molar refractivity (Wildman–Crippen MR) is 114 cm³/mol. The van der Waals surface area contributed by atoms with Gasteiger partial charge in [0.2, 0.25) is 0 Å². The summed E-state index contributed by atoms with van der Waals surface area (Å²) in [5.41, 5.74) is 0.245. The lowest BCUT2D eigenvalue weighted by Crippen LogP contribution is -2.53. The third-order valence-electron chi connectivity index (χ3n) is 5.95. The first-order valence-electron chi connectivity index (χ1n) is 10.8. The topological polar surface area (TPSA) is 88.6 Å². The molecule has 1 aromatic carbocycles. The number of aromatic nitrogens is 1. The predicted octanol–water partition coefficient (Wildman–Crippen LogP) is 3.13. The van der Waals surface area contributed by atoms with Gasteiger partial charge in [-0.1, -0.05) is 0 Å². The van der Waals surface area contributed by atoms with Crippen LogP contribution in [0.4, 0.5) is 13.2 Å². The second kappa shape index (κ2) is 10.3. The summed E-state index contributed by atoms with van der Waals surface area (Å²) >= 11 is 0. The third kappa shape index (κ3) is 5.44. The van der Waals surface area contributed by atoms with Crippen LogP contribution in [0.1, 0.15) is 22.5 Å². The molecule has 0 radical (unpaired) electrons. The normalized spacial score (nSPS) is 22.0. The molecule has 0 saturated carbocycles. The highest BCUT2D eigenvalue weighted by Gasteiger charge is 2.52. The summed E-state index contributed by atoms with van der Waals surface area (Å²) in [6.45, 7) is -0.243. The summed E-state index contributed by atoms with van der Waals surface area (Å²) < 4.78 is 67.7. The molecular weight excluding hydrogens is 473 g/mol. The van der Waals surface area contributed by atoms with Gasteiger partial charge in [-0.15, -0.1) is 13.2 Å². The SMILES string of the molecule is COc1ccnc([C@]23CCN(C(=O)c4ccc(OCCOC(F)(F)F)c(OC)c4)CC2OCO3)c1. The minimum atomic E-state index is -4.73. The van der Waals surface area contributed by atoms with Gasteiger partial charge >= 0.3 is 6.36 Å². The number of carbonyl (C=O) groups is 1. The average Bonchev–Trinajstić information content (AvgIpc) is 3.30. The molecule has 2 aromatic rings. The average molecular weight is 498 g/mol. The van der Waals surface area contributed by atoms with Gasteiger partial charge in [-0.3, -0.25) is 14.5 Å².